The van der Waals surface area contributed by atoms with Crippen LogP contribution in [-0.2, 0) is 20.9 Å². The smallest absolute Gasteiger partial charge is 0.407 e. The molecule has 1 atom stereocenters. The van der Waals surface area contributed by atoms with E-state index in [0.717, 1.165) is 11.3 Å². The second-order valence-corrected chi connectivity index (χ2v) is 12.0. The van der Waals surface area contributed by atoms with Gasteiger partial charge in [-0.05, 0) is 63.4 Å². The van der Waals surface area contributed by atoms with Crippen LogP contribution in [0.2, 0.25) is 0 Å². The molecule has 2 aliphatic heterocycles. The van der Waals surface area contributed by atoms with Crippen molar-refractivity contribution in [3.63, 3.8) is 0 Å². The van der Waals surface area contributed by atoms with Crippen LogP contribution in [-0.4, -0.2) is 62.5 Å². The van der Waals surface area contributed by atoms with Crippen LogP contribution in [0.15, 0.2) is 42.5 Å². The van der Waals surface area contributed by atoms with E-state index in [4.69, 9.17) is 9.47 Å². The summed E-state index contributed by atoms with van der Waals surface area (Å²) in [5, 5.41) is 11.5. The Bertz CT molecular complexity index is 1310. The lowest BCUT2D eigenvalue weighted by molar-refractivity contribution is -0.179. The molecule has 2 fully saturated rings. The molecule has 10 nitrogen and oxygen atoms in total. The molecule has 0 aromatic heterocycles. The second-order valence-electron chi connectivity index (χ2n) is 12.0. The molecule has 4 N–H and O–H groups in total. The van der Waals surface area contributed by atoms with E-state index < -0.39 is 23.8 Å². The van der Waals surface area contributed by atoms with Crippen molar-refractivity contribution in [3.05, 3.63) is 48.0 Å². The highest BCUT2D eigenvalue weighted by atomic mass is 19.4. The van der Waals surface area contributed by atoms with Gasteiger partial charge in [0.2, 0.25) is 11.8 Å². The zero-order valence-corrected chi connectivity index (χ0v) is 25.2. The summed E-state index contributed by atoms with van der Waals surface area (Å²) in [4.78, 5) is 37.5. The van der Waals surface area contributed by atoms with E-state index in [9.17, 15) is 27.6 Å². The molecule has 2 aromatic rings. The van der Waals surface area contributed by atoms with Gasteiger partial charge in [0.1, 0.15) is 18.0 Å². The number of hydrogen-bond acceptors (Lipinski definition) is 7. The van der Waals surface area contributed by atoms with Crippen LogP contribution in [0.3, 0.4) is 0 Å². The Morgan fingerprint density at radius 2 is 1.68 bits per heavy atom. The second kappa shape index (κ2) is 14.1. The fraction of sp³-hybridized carbons (Fsp3) is 0.516. The van der Waals surface area contributed by atoms with E-state index in [0.29, 0.717) is 30.2 Å². The minimum atomic E-state index is -4.21. The summed E-state index contributed by atoms with van der Waals surface area (Å²) in [5.74, 6) is -1.48. The monoisotopic (exact) mass is 619 g/mol. The first kappa shape index (κ1) is 32.7. The van der Waals surface area contributed by atoms with E-state index in [1.54, 1.807) is 26.8 Å². The van der Waals surface area contributed by atoms with Gasteiger partial charge >= 0.3 is 12.3 Å². The summed E-state index contributed by atoms with van der Waals surface area (Å²) < 4.78 is 51.0. The topological polar surface area (TPSA) is 121 Å². The number of alkyl carbamates (subject to hydrolysis) is 1. The van der Waals surface area contributed by atoms with Gasteiger partial charge in [-0.2, -0.15) is 13.2 Å². The normalized spacial score (nSPS) is 17.5. The highest BCUT2D eigenvalue weighted by Crippen LogP contribution is 2.39. The molecule has 2 aromatic carbocycles. The number of amides is 3. The van der Waals surface area contributed by atoms with Gasteiger partial charge in [-0.15, -0.1) is 0 Å². The van der Waals surface area contributed by atoms with Crippen LogP contribution >= 0.6 is 0 Å². The van der Waals surface area contributed by atoms with Crippen LogP contribution in [0.5, 0.6) is 5.75 Å². The predicted octanol–water partition coefficient (Wildman–Crippen LogP) is 4.86. The molecule has 0 spiro atoms. The summed E-state index contributed by atoms with van der Waals surface area (Å²) >= 11 is 0. The highest BCUT2D eigenvalue weighted by molar-refractivity contribution is 5.89. The number of piperidine rings is 1. The Hall–Kier alpha value is -4.16. The molecule has 2 saturated heterocycles. The SMILES string of the molecule is CC(C)(C)OC(=O)NCCOc1cc(Nc2ccc(CNC(=O)C3CNC(=O)C3)cc2)ccc1N1CCC(C(F)(F)F)CC1. The Morgan fingerprint density at radius 1 is 1.00 bits per heavy atom. The number of rotatable bonds is 10. The number of carbonyl (C=O) groups excluding carboxylic acids is 3. The van der Waals surface area contributed by atoms with Crippen molar-refractivity contribution >= 4 is 35.0 Å². The van der Waals surface area contributed by atoms with E-state index in [-0.39, 0.29) is 63.2 Å². The van der Waals surface area contributed by atoms with Crippen molar-refractivity contribution in [1.29, 1.82) is 0 Å². The first-order valence-corrected chi connectivity index (χ1v) is 14.7. The van der Waals surface area contributed by atoms with Crippen molar-refractivity contribution in [2.45, 2.75) is 58.4 Å². The Balaban J connectivity index is 1.38. The molecular formula is C31H40F3N5O5. The lowest BCUT2D eigenvalue weighted by Crippen LogP contribution is -2.39. The standard InChI is InChI=1S/C31H40F3N5O5/c1-30(2,3)44-29(42)35-12-15-43-26-17-24(8-9-25(26)39-13-10-22(11-14-39)31(32,33)34)38-23-6-4-20(5-7-23)18-37-28(41)21-16-27(40)36-19-21/h4-9,17,21-22,38H,10-16,18-19H2,1-3H3,(H,35,42)(H,36,40)(H,37,41). The fourth-order valence-electron chi connectivity index (χ4n) is 5.04. The number of carbonyl (C=O) groups is 3. The van der Waals surface area contributed by atoms with Gasteiger partial charge in [-0.25, -0.2) is 4.79 Å². The van der Waals surface area contributed by atoms with Gasteiger partial charge in [0.05, 0.1) is 24.1 Å². The van der Waals surface area contributed by atoms with Crippen molar-refractivity contribution in [1.82, 2.24) is 16.0 Å². The summed E-state index contributed by atoms with van der Waals surface area (Å²) in [5.41, 5.74) is 2.41. The third-order valence-electron chi connectivity index (χ3n) is 7.34. The minimum absolute atomic E-state index is 0.00557. The van der Waals surface area contributed by atoms with Crippen molar-refractivity contribution in [3.8, 4) is 5.75 Å². The highest BCUT2D eigenvalue weighted by Gasteiger charge is 2.41. The predicted molar refractivity (Wildman–Crippen MR) is 160 cm³/mol. The third kappa shape index (κ3) is 9.68. The van der Waals surface area contributed by atoms with Gasteiger partial charge in [0.25, 0.3) is 0 Å². The van der Waals surface area contributed by atoms with Gasteiger partial charge in [-0.3, -0.25) is 9.59 Å². The molecule has 3 amide bonds. The van der Waals surface area contributed by atoms with E-state index >= 15 is 0 Å². The van der Waals surface area contributed by atoms with E-state index in [1.165, 1.54) is 0 Å². The molecular weight excluding hydrogens is 579 g/mol. The lowest BCUT2D eigenvalue weighted by Gasteiger charge is -2.35. The van der Waals surface area contributed by atoms with Crippen molar-refractivity contribution in [2.75, 3.05) is 43.0 Å². The molecule has 1 unspecified atom stereocenters. The zero-order valence-electron chi connectivity index (χ0n) is 25.2. The van der Waals surface area contributed by atoms with Crippen molar-refractivity contribution in [2.24, 2.45) is 11.8 Å². The quantitative estimate of drug-likeness (QED) is 0.280. The molecule has 0 saturated carbocycles. The number of hydrogen-bond donors (Lipinski definition) is 4. The molecule has 13 heteroatoms. The largest absolute Gasteiger partial charge is 0.489 e. The zero-order chi connectivity index (χ0) is 31.9. The minimum Gasteiger partial charge on any atom is -0.489 e. The fourth-order valence-corrected chi connectivity index (χ4v) is 5.04. The number of benzene rings is 2. The summed E-state index contributed by atoms with van der Waals surface area (Å²) in [7, 11) is 0. The third-order valence-corrected chi connectivity index (χ3v) is 7.34. The summed E-state index contributed by atoms with van der Waals surface area (Å²) in [6.45, 7) is 6.77. The number of halogens is 3. The molecule has 2 heterocycles. The maximum atomic E-state index is 13.2. The van der Waals surface area contributed by atoms with Crippen LogP contribution in [0.25, 0.3) is 0 Å². The average Bonchev–Trinajstić information content (AvgIpc) is 3.40. The number of alkyl halides is 3. The first-order chi connectivity index (χ1) is 20.8. The maximum Gasteiger partial charge on any atom is 0.407 e. The van der Waals surface area contributed by atoms with Crippen LogP contribution in [0.1, 0.15) is 45.6 Å². The van der Waals surface area contributed by atoms with E-state index in [1.807, 2.05) is 41.3 Å². The van der Waals surface area contributed by atoms with Gasteiger partial charge in [0, 0.05) is 50.0 Å². The summed E-state index contributed by atoms with van der Waals surface area (Å²) in [6.07, 6.45) is -4.57. The number of nitrogens with one attached hydrogen (secondary N) is 4. The molecule has 0 radical (unpaired) electrons. The Kier molecular flexibility index (Phi) is 10.5. The Morgan fingerprint density at radius 3 is 2.30 bits per heavy atom. The molecule has 0 bridgehead atoms. The molecule has 44 heavy (non-hydrogen) atoms. The average molecular weight is 620 g/mol. The maximum absolute atomic E-state index is 13.2. The van der Waals surface area contributed by atoms with Gasteiger partial charge < -0.3 is 35.6 Å². The van der Waals surface area contributed by atoms with Gasteiger partial charge in [0.15, 0.2) is 0 Å². The van der Waals surface area contributed by atoms with Crippen LogP contribution in [0.4, 0.5) is 35.0 Å². The van der Waals surface area contributed by atoms with Crippen LogP contribution in [0, 0.1) is 11.8 Å². The number of nitrogens with zero attached hydrogens (tertiary/aromatic N) is 1. The van der Waals surface area contributed by atoms with E-state index in [2.05, 4.69) is 21.3 Å². The lowest BCUT2D eigenvalue weighted by atomic mass is 9.96. The number of ether oxygens (including phenoxy) is 2. The molecule has 240 valence electrons. The Labute approximate surface area is 255 Å². The van der Waals surface area contributed by atoms with Crippen LogP contribution < -0.4 is 30.9 Å². The summed E-state index contributed by atoms with van der Waals surface area (Å²) in [6, 6.07) is 12.9. The number of anilines is 3. The molecule has 4 rings (SSSR count). The first-order valence-electron chi connectivity index (χ1n) is 14.7. The van der Waals surface area contributed by atoms with Crippen molar-refractivity contribution < 1.29 is 37.0 Å². The molecule has 0 aliphatic carbocycles. The molecule has 2 aliphatic rings. The van der Waals surface area contributed by atoms with Gasteiger partial charge in [-0.1, -0.05) is 12.1 Å².